The van der Waals surface area contributed by atoms with E-state index in [1.807, 2.05) is 0 Å². The summed E-state index contributed by atoms with van der Waals surface area (Å²) in [6.07, 6.45) is -1.72. The third-order valence-corrected chi connectivity index (χ3v) is 2.96. The number of benzene rings is 1. The van der Waals surface area contributed by atoms with Crippen LogP contribution in [0.5, 0.6) is 0 Å². The normalized spacial score (nSPS) is 21.3. The van der Waals surface area contributed by atoms with Crippen LogP contribution in [-0.4, -0.2) is 18.6 Å². The highest BCUT2D eigenvalue weighted by Crippen LogP contribution is 2.48. The highest BCUT2D eigenvalue weighted by Gasteiger charge is 2.63. The monoisotopic (exact) mass is 266 g/mol. The van der Waals surface area contributed by atoms with Crippen LogP contribution < -0.4 is 0 Å². The fourth-order valence-corrected chi connectivity index (χ4v) is 1.96. The number of hydrogen-bond donors (Lipinski definition) is 0. The minimum Gasteiger partial charge on any atom is -0.372 e. The summed E-state index contributed by atoms with van der Waals surface area (Å²) in [5.74, 6) is -10.4. The third kappa shape index (κ3) is 1.98. The molecule has 0 aromatic heterocycles. The fourth-order valence-electron chi connectivity index (χ4n) is 1.96. The lowest BCUT2D eigenvalue weighted by Crippen LogP contribution is -2.47. The summed E-state index contributed by atoms with van der Waals surface area (Å²) in [5, 5.41) is 0. The molecular formula is C12H11F5O. The van der Waals surface area contributed by atoms with Crippen molar-refractivity contribution in [1.29, 1.82) is 0 Å². The quantitative estimate of drug-likeness (QED) is 0.757. The van der Waals surface area contributed by atoms with Crippen LogP contribution in [0.15, 0.2) is 24.3 Å². The number of rotatable bonds is 3. The Kier molecular flexibility index (Phi) is 3.31. The maximum atomic E-state index is 13.8. The summed E-state index contributed by atoms with van der Waals surface area (Å²) in [5.41, 5.74) is -1.30. The predicted molar refractivity (Wildman–Crippen MR) is 54.2 cm³/mol. The van der Waals surface area contributed by atoms with Gasteiger partial charge in [-0.25, -0.2) is 4.39 Å². The number of ether oxygens (including phenoxy) is 1. The summed E-state index contributed by atoms with van der Waals surface area (Å²) in [6.45, 7) is 0.0214. The molecular weight excluding hydrogens is 255 g/mol. The molecule has 1 aromatic carbocycles. The molecule has 0 aliphatic carbocycles. The van der Waals surface area contributed by atoms with Crippen molar-refractivity contribution in [1.82, 2.24) is 0 Å². The Morgan fingerprint density at radius 1 is 1.11 bits per heavy atom. The lowest BCUT2D eigenvalue weighted by Gasteiger charge is -2.30. The summed E-state index contributed by atoms with van der Waals surface area (Å²) >= 11 is 0. The molecule has 1 aliphatic rings. The van der Waals surface area contributed by atoms with Gasteiger partial charge in [0.1, 0.15) is 11.9 Å². The van der Waals surface area contributed by atoms with Gasteiger partial charge in [-0.3, -0.25) is 0 Å². The van der Waals surface area contributed by atoms with Gasteiger partial charge in [-0.05, 0) is 25.0 Å². The molecule has 18 heavy (non-hydrogen) atoms. The van der Waals surface area contributed by atoms with Gasteiger partial charge in [0.05, 0.1) is 5.56 Å². The number of hydrogen-bond acceptors (Lipinski definition) is 1. The summed E-state index contributed by atoms with van der Waals surface area (Å²) in [7, 11) is 0. The summed E-state index contributed by atoms with van der Waals surface area (Å²) in [6, 6.07) is 3.66. The van der Waals surface area contributed by atoms with Crippen LogP contribution in [0.1, 0.15) is 18.4 Å². The van der Waals surface area contributed by atoms with Crippen LogP contribution in [0, 0.1) is 5.82 Å². The molecule has 0 radical (unpaired) electrons. The van der Waals surface area contributed by atoms with E-state index >= 15 is 0 Å². The largest absolute Gasteiger partial charge is 0.372 e. The topological polar surface area (TPSA) is 9.23 Å². The second-order valence-electron chi connectivity index (χ2n) is 4.18. The Morgan fingerprint density at radius 2 is 1.78 bits per heavy atom. The Balaban J connectivity index is 2.37. The van der Waals surface area contributed by atoms with E-state index < -0.39 is 29.3 Å². The molecule has 1 fully saturated rings. The molecule has 1 heterocycles. The van der Waals surface area contributed by atoms with Gasteiger partial charge in [0.2, 0.25) is 0 Å². The van der Waals surface area contributed by atoms with E-state index in [-0.39, 0.29) is 13.0 Å². The zero-order valence-electron chi connectivity index (χ0n) is 9.31. The van der Waals surface area contributed by atoms with Crippen molar-refractivity contribution < 1.29 is 26.7 Å². The number of halogens is 5. The van der Waals surface area contributed by atoms with E-state index in [4.69, 9.17) is 0 Å². The lowest BCUT2D eigenvalue weighted by atomic mass is 9.96. The first kappa shape index (κ1) is 13.3. The minimum atomic E-state index is -4.59. The standard InChI is InChI=1S/C12H11F5O/c13-9-5-2-1-4-8(9)11(14,15)12(16,17)10-6-3-7-18-10/h1-2,4-5,10H,3,6-7H2. The molecule has 2 rings (SSSR count). The molecule has 0 amide bonds. The van der Waals surface area contributed by atoms with Gasteiger partial charge in [0.15, 0.2) is 0 Å². The van der Waals surface area contributed by atoms with E-state index in [0.29, 0.717) is 12.5 Å². The SMILES string of the molecule is Fc1ccccc1C(F)(F)C(F)(F)C1CCCO1. The molecule has 1 aliphatic heterocycles. The highest BCUT2D eigenvalue weighted by atomic mass is 19.3. The van der Waals surface area contributed by atoms with Gasteiger partial charge < -0.3 is 4.74 Å². The zero-order chi connectivity index (χ0) is 13.4. The van der Waals surface area contributed by atoms with Crippen LogP contribution in [-0.2, 0) is 10.7 Å². The Bertz CT molecular complexity index is 426. The molecule has 1 atom stereocenters. The Morgan fingerprint density at radius 3 is 2.33 bits per heavy atom. The molecule has 1 unspecified atom stereocenters. The molecule has 0 N–H and O–H groups in total. The molecule has 0 saturated carbocycles. The summed E-state index contributed by atoms with van der Waals surface area (Å²) in [4.78, 5) is 0. The second kappa shape index (κ2) is 4.50. The van der Waals surface area contributed by atoms with Crippen molar-refractivity contribution in [3.05, 3.63) is 35.6 Å². The van der Waals surface area contributed by atoms with E-state index in [2.05, 4.69) is 4.74 Å². The van der Waals surface area contributed by atoms with Gasteiger partial charge in [0.25, 0.3) is 0 Å². The number of alkyl halides is 4. The van der Waals surface area contributed by atoms with Gasteiger partial charge in [0, 0.05) is 6.61 Å². The Labute approximate surface area is 101 Å². The predicted octanol–water partition coefficient (Wildman–Crippen LogP) is 3.73. The summed E-state index contributed by atoms with van der Waals surface area (Å²) < 4.78 is 72.9. The van der Waals surface area contributed by atoms with Crippen molar-refractivity contribution in [2.24, 2.45) is 0 Å². The van der Waals surface area contributed by atoms with Crippen molar-refractivity contribution in [2.75, 3.05) is 6.61 Å². The first-order chi connectivity index (χ1) is 8.37. The fraction of sp³-hybridized carbons (Fsp3) is 0.500. The smallest absolute Gasteiger partial charge is 0.340 e. The van der Waals surface area contributed by atoms with Crippen molar-refractivity contribution >= 4 is 0 Å². The average Bonchev–Trinajstić information content (AvgIpc) is 2.83. The zero-order valence-corrected chi connectivity index (χ0v) is 9.31. The van der Waals surface area contributed by atoms with Gasteiger partial charge in [-0.1, -0.05) is 12.1 Å². The van der Waals surface area contributed by atoms with Crippen LogP contribution in [0.25, 0.3) is 0 Å². The average molecular weight is 266 g/mol. The second-order valence-corrected chi connectivity index (χ2v) is 4.18. The highest BCUT2D eigenvalue weighted by molar-refractivity contribution is 5.25. The maximum absolute atomic E-state index is 13.8. The molecule has 1 aromatic rings. The van der Waals surface area contributed by atoms with Gasteiger partial charge in [-0.15, -0.1) is 0 Å². The van der Waals surface area contributed by atoms with E-state index in [9.17, 15) is 22.0 Å². The molecule has 1 nitrogen and oxygen atoms in total. The first-order valence-electron chi connectivity index (χ1n) is 5.49. The van der Waals surface area contributed by atoms with Crippen LogP contribution in [0.3, 0.4) is 0 Å². The minimum absolute atomic E-state index is 0.0214. The molecule has 1 saturated heterocycles. The van der Waals surface area contributed by atoms with E-state index in [1.54, 1.807) is 0 Å². The van der Waals surface area contributed by atoms with Crippen LogP contribution in [0.2, 0.25) is 0 Å². The van der Waals surface area contributed by atoms with Crippen LogP contribution >= 0.6 is 0 Å². The van der Waals surface area contributed by atoms with Gasteiger partial charge in [-0.2, -0.15) is 17.6 Å². The van der Waals surface area contributed by atoms with E-state index in [0.717, 1.165) is 12.1 Å². The molecule has 0 bridgehead atoms. The molecule has 0 spiro atoms. The van der Waals surface area contributed by atoms with Crippen molar-refractivity contribution in [3.8, 4) is 0 Å². The van der Waals surface area contributed by atoms with Crippen LogP contribution in [0.4, 0.5) is 22.0 Å². The molecule has 6 heteroatoms. The van der Waals surface area contributed by atoms with E-state index in [1.165, 1.54) is 6.07 Å². The third-order valence-electron chi connectivity index (χ3n) is 2.96. The maximum Gasteiger partial charge on any atom is 0.340 e. The van der Waals surface area contributed by atoms with Crippen molar-refractivity contribution in [3.63, 3.8) is 0 Å². The van der Waals surface area contributed by atoms with Crippen molar-refractivity contribution in [2.45, 2.75) is 30.8 Å². The Hall–Kier alpha value is -1.17. The molecule has 100 valence electrons. The lowest BCUT2D eigenvalue weighted by molar-refractivity contribution is -0.261. The first-order valence-corrected chi connectivity index (χ1v) is 5.49. The van der Waals surface area contributed by atoms with Gasteiger partial charge >= 0.3 is 11.8 Å².